The van der Waals surface area contributed by atoms with Crippen LogP contribution in [0.3, 0.4) is 0 Å². The Balaban J connectivity index is 0.000000149. The Morgan fingerprint density at radius 1 is 0.791 bits per heavy atom. The Morgan fingerprint density at radius 2 is 1.43 bits per heavy atom. The zero-order valence-corrected chi connectivity index (χ0v) is 54.7. The average Bonchev–Trinajstić information content (AvgIpc) is 2.00. The normalized spacial score (nSPS) is 22.8. The van der Waals surface area contributed by atoms with Crippen molar-refractivity contribution in [1.29, 1.82) is 0 Å². The molecule has 0 radical (unpaired) electrons. The summed E-state index contributed by atoms with van der Waals surface area (Å²) in [5, 5.41) is 35.5. The molecule has 4 fully saturated rings. The minimum Gasteiger partial charge on any atom is -0.387 e. The summed E-state index contributed by atoms with van der Waals surface area (Å²) in [6, 6.07) is 29.2. The van der Waals surface area contributed by atoms with Gasteiger partial charge in [-0.05, 0) is 140 Å². The van der Waals surface area contributed by atoms with Gasteiger partial charge in [-0.25, -0.2) is 24.0 Å². The number of epoxide rings is 1. The van der Waals surface area contributed by atoms with E-state index in [2.05, 4.69) is 69.8 Å². The van der Waals surface area contributed by atoms with Gasteiger partial charge in [-0.2, -0.15) is 10.2 Å². The van der Waals surface area contributed by atoms with Gasteiger partial charge in [-0.1, -0.05) is 151 Å². The van der Waals surface area contributed by atoms with Gasteiger partial charge in [0.05, 0.1) is 42.8 Å². The molecule has 5 unspecified atom stereocenters. The first-order valence-corrected chi connectivity index (χ1v) is 31.8. The molecule has 0 amide bonds. The third-order valence-corrected chi connectivity index (χ3v) is 19.5. The SMILES string of the molecule is CC(C)(C)C(O)(CCc1ccc(Cl)cc1)Cn1cncn1.CCCN(CC)CC1COC2(CCC(C(C)(C)C)CC2)O1.Fc1ccc(C2(Cn3cncn3)OC2c2ccccc2Cl)cc1.OC(Cc1ccccc1Cl)(Cn1[nH]cnc1=S)C1(Cl)CC1. The summed E-state index contributed by atoms with van der Waals surface area (Å²) in [5.41, 5.74) is 1.39. The summed E-state index contributed by atoms with van der Waals surface area (Å²) in [4.78, 5) is 13.7. The number of aromatic amines is 1. The molecule has 15 nitrogen and oxygen atoms in total. The van der Waals surface area contributed by atoms with E-state index in [-0.39, 0.29) is 35.8 Å². The second-order valence-corrected chi connectivity index (χ2v) is 27.9. The number of benzene rings is 4. The number of likely N-dealkylation sites (N-methyl/N-ethyl adjacent to an activating group) is 1. The number of rotatable bonds is 19. The summed E-state index contributed by atoms with van der Waals surface area (Å²) in [5.74, 6) is 0.277. The first kappa shape index (κ1) is 67.3. The molecule has 0 bridgehead atoms. The van der Waals surface area contributed by atoms with Crippen LogP contribution in [0.4, 0.5) is 4.39 Å². The van der Waals surface area contributed by atoms with Crippen molar-refractivity contribution in [3.8, 4) is 0 Å². The highest BCUT2D eigenvalue weighted by Gasteiger charge is 2.60. The van der Waals surface area contributed by atoms with Crippen molar-refractivity contribution < 1.29 is 28.8 Å². The molecule has 21 heteroatoms. The van der Waals surface area contributed by atoms with Crippen molar-refractivity contribution in [2.75, 3.05) is 26.2 Å². The van der Waals surface area contributed by atoms with Crippen LogP contribution >= 0.6 is 58.6 Å². The van der Waals surface area contributed by atoms with E-state index in [1.807, 2.05) is 93.6 Å². The van der Waals surface area contributed by atoms with Gasteiger partial charge in [0.25, 0.3) is 0 Å². The Hall–Kier alpha value is -4.63. The highest BCUT2D eigenvalue weighted by atomic mass is 35.5. The van der Waals surface area contributed by atoms with Crippen LogP contribution in [0.5, 0.6) is 0 Å². The number of aliphatic hydroxyl groups is 2. The summed E-state index contributed by atoms with van der Waals surface area (Å²) < 4.78 is 37.3. The number of nitrogens with one attached hydrogen (secondary N) is 1. The lowest BCUT2D eigenvalue weighted by atomic mass is 9.71. The molecule has 3 aromatic heterocycles. The number of hydrogen-bond donors (Lipinski definition) is 3. The van der Waals surface area contributed by atoms with Crippen LogP contribution < -0.4 is 0 Å². The van der Waals surface area contributed by atoms with Gasteiger partial charge in [0.1, 0.15) is 54.8 Å². The minimum atomic E-state index is -1.13. The van der Waals surface area contributed by atoms with E-state index in [0.717, 1.165) is 86.0 Å². The van der Waals surface area contributed by atoms with Crippen molar-refractivity contribution in [2.45, 2.75) is 179 Å². The number of alkyl halides is 1. The standard InChI is InChI=1S/C18H35NO2.C17H13ClFN3O.C16H22ClN3O.C14H15Cl2N3OS/c1-6-12-19(7-2)13-16-14-20-18(21-16)10-8-15(9-11-18)17(3,4)5;18-15-4-2-1-3-14(15)16-17(23-16,9-22-11-20-10-21-22)12-5-7-13(19)8-6-12;1-15(2,3)16(21,10-20-12-18-11-19-20)9-8-13-4-6-14(17)7-5-13;15-11-4-2-1-3-10(11)7-14(20,13(16)5-6-13)8-19-12(21)17-9-18-19/h15-16H,6-14H2,1-5H3;1-8,10-11,16H,9H2;4-7,11-12,21H,8-10H2,1-3H3;1-4,9,20H,5-8H2,(H,17,18,21). The minimum absolute atomic E-state index is 0.203. The topological polar surface area (TPSA) is 170 Å². The Morgan fingerprint density at radius 3 is 1.99 bits per heavy atom. The average molecular weight is 1280 g/mol. The summed E-state index contributed by atoms with van der Waals surface area (Å²) in [6.07, 6.45) is 17.0. The Labute approximate surface area is 531 Å². The molecule has 2 aliphatic heterocycles. The van der Waals surface area contributed by atoms with Crippen molar-refractivity contribution in [1.82, 2.24) is 49.2 Å². The molecule has 7 aromatic rings. The van der Waals surface area contributed by atoms with E-state index in [4.69, 9.17) is 72.8 Å². The van der Waals surface area contributed by atoms with Crippen molar-refractivity contribution in [3.05, 3.63) is 177 Å². The lowest BCUT2D eigenvalue weighted by Gasteiger charge is -2.41. The first-order valence-electron chi connectivity index (χ1n) is 29.9. The van der Waals surface area contributed by atoms with Crippen molar-refractivity contribution in [2.24, 2.45) is 16.7 Å². The maximum atomic E-state index is 13.3. The van der Waals surface area contributed by atoms with Crippen LogP contribution in [-0.2, 0) is 52.3 Å². The molecular formula is C65H85Cl4FN10O5S. The molecule has 1 spiro atoms. The fourth-order valence-corrected chi connectivity index (χ4v) is 12.5. The molecule has 86 heavy (non-hydrogen) atoms. The van der Waals surface area contributed by atoms with E-state index in [9.17, 15) is 14.6 Å². The van der Waals surface area contributed by atoms with Crippen LogP contribution in [0.15, 0.2) is 129 Å². The summed E-state index contributed by atoms with van der Waals surface area (Å²) >= 11 is 30.1. The van der Waals surface area contributed by atoms with E-state index < -0.39 is 21.7 Å². The molecule has 4 aliphatic rings. The fourth-order valence-electron chi connectivity index (χ4n) is 11.6. The van der Waals surface area contributed by atoms with E-state index >= 15 is 0 Å². The number of nitrogens with zero attached hydrogens (tertiary/aromatic N) is 9. The summed E-state index contributed by atoms with van der Waals surface area (Å²) in [7, 11) is 0. The lowest BCUT2D eigenvalue weighted by molar-refractivity contribution is -0.197. The van der Waals surface area contributed by atoms with Crippen LogP contribution in [0.1, 0.15) is 135 Å². The number of ether oxygens (including phenoxy) is 3. The second-order valence-electron chi connectivity index (χ2n) is 25.5. The van der Waals surface area contributed by atoms with Gasteiger partial charge in [0.2, 0.25) is 4.77 Å². The lowest BCUT2D eigenvalue weighted by Crippen LogP contribution is -2.47. The highest BCUT2D eigenvalue weighted by molar-refractivity contribution is 7.71. The number of aromatic nitrogens is 9. The Bertz CT molecular complexity index is 3260. The van der Waals surface area contributed by atoms with Crippen LogP contribution in [0, 0.1) is 27.3 Å². The molecule has 2 saturated carbocycles. The summed E-state index contributed by atoms with van der Waals surface area (Å²) in [6.45, 7) is 22.9. The Kier molecular flexibility index (Phi) is 22.6. The molecule has 5 heterocycles. The number of halogens is 5. The van der Waals surface area contributed by atoms with Gasteiger partial charge in [0.15, 0.2) is 5.79 Å². The maximum absolute atomic E-state index is 13.3. The van der Waals surface area contributed by atoms with Gasteiger partial charge in [0, 0.05) is 46.4 Å². The van der Waals surface area contributed by atoms with Gasteiger partial charge >= 0.3 is 0 Å². The van der Waals surface area contributed by atoms with Gasteiger partial charge in [-0.15, -0.1) is 11.6 Å². The van der Waals surface area contributed by atoms with E-state index in [1.54, 1.807) is 38.8 Å². The molecule has 2 saturated heterocycles. The van der Waals surface area contributed by atoms with E-state index in [1.165, 1.54) is 55.9 Å². The predicted octanol–water partition coefficient (Wildman–Crippen LogP) is 14.5. The van der Waals surface area contributed by atoms with Crippen LogP contribution in [-0.4, -0.2) is 114 Å². The molecule has 2 aliphatic carbocycles. The molecule has 5 atom stereocenters. The molecule has 3 N–H and O–H groups in total. The zero-order chi connectivity index (χ0) is 62.0. The second kappa shape index (κ2) is 28.9. The van der Waals surface area contributed by atoms with Crippen molar-refractivity contribution >= 4 is 58.6 Å². The van der Waals surface area contributed by atoms with Gasteiger partial charge < -0.3 is 29.3 Å². The van der Waals surface area contributed by atoms with Gasteiger partial charge in [-0.3, -0.25) is 14.5 Å². The molecule has 4 aromatic carbocycles. The largest absolute Gasteiger partial charge is 0.387 e. The fraction of sp³-hybridized carbons (Fsp3) is 0.538. The molecular weight excluding hydrogens is 1190 g/mol. The van der Waals surface area contributed by atoms with Crippen LogP contribution in [0.2, 0.25) is 15.1 Å². The molecule has 11 rings (SSSR count). The number of hydrogen-bond acceptors (Lipinski definition) is 12. The third-order valence-electron chi connectivity index (χ3n) is 17.4. The van der Waals surface area contributed by atoms with Crippen LogP contribution in [0.25, 0.3) is 0 Å². The number of aryl methyl sites for hydroxylation is 1. The third kappa shape index (κ3) is 17.4. The first-order chi connectivity index (χ1) is 40.8. The smallest absolute Gasteiger partial charge is 0.215 e. The van der Waals surface area contributed by atoms with Crippen molar-refractivity contribution in [3.63, 3.8) is 0 Å². The maximum Gasteiger partial charge on any atom is 0.215 e. The quantitative estimate of drug-likeness (QED) is 0.0398. The molecule has 466 valence electrons. The predicted molar refractivity (Wildman–Crippen MR) is 340 cm³/mol. The zero-order valence-electron chi connectivity index (χ0n) is 50.8. The monoisotopic (exact) mass is 1280 g/mol. The number of H-pyrrole nitrogens is 1. The van der Waals surface area contributed by atoms with E-state index in [0.29, 0.717) is 46.2 Å². The highest BCUT2D eigenvalue weighted by Crippen LogP contribution is 2.59.